The molecule has 0 aromatic carbocycles. The van der Waals surface area contributed by atoms with Gasteiger partial charge in [0.15, 0.2) is 0 Å². The van der Waals surface area contributed by atoms with E-state index in [0.717, 1.165) is 50.5 Å². The van der Waals surface area contributed by atoms with E-state index < -0.39 is 0 Å². The molecule has 0 spiro atoms. The van der Waals surface area contributed by atoms with Crippen molar-refractivity contribution in [2.24, 2.45) is 5.73 Å². The van der Waals surface area contributed by atoms with E-state index in [9.17, 15) is 4.79 Å². The van der Waals surface area contributed by atoms with Crippen molar-refractivity contribution in [3.63, 3.8) is 0 Å². The minimum atomic E-state index is 0.429. The van der Waals surface area contributed by atoms with Gasteiger partial charge in [-0.15, -0.1) is 0 Å². The highest BCUT2D eigenvalue weighted by atomic mass is 16.6. The minimum Gasteiger partial charge on any atom is -0.379 e. The fourth-order valence-electron chi connectivity index (χ4n) is 2.88. The lowest BCUT2D eigenvalue weighted by molar-refractivity contribution is -0.108. The van der Waals surface area contributed by atoms with E-state index >= 15 is 0 Å². The molecule has 0 atom stereocenters. The SMILES string of the molecule is NCc1cnc(N2CCN(CCOCCOCCOCCOCCC=O)CC2)nc1. The van der Waals surface area contributed by atoms with Crippen LogP contribution in [0.5, 0.6) is 0 Å². The monoisotopic (exact) mass is 425 g/mol. The van der Waals surface area contributed by atoms with Gasteiger partial charge in [0.25, 0.3) is 0 Å². The molecule has 0 saturated carbocycles. The molecule has 10 heteroatoms. The van der Waals surface area contributed by atoms with Crippen molar-refractivity contribution >= 4 is 12.2 Å². The summed E-state index contributed by atoms with van der Waals surface area (Å²) in [6.07, 6.45) is 4.86. The Hall–Kier alpha value is -1.69. The van der Waals surface area contributed by atoms with Crippen molar-refractivity contribution < 1.29 is 23.7 Å². The normalized spacial score (nSPS) is 14.9. The van der Waals surface area contributed by atoms with E-state index in [1.807, 2.05) is 0 Å². The lowest BCUT2D eigenvalue weighted by Gasteiger charge is -2.34. The summed E-state index contributed by atoms with van der Waals surface area (Å²) in [6, 6.07) is 0. The lowest BCUT2D eigenvalue weighted by atomic mass is 10.3. The van der Waals surface area contributed by atoms with Gasteiger partial charge in [-0.3, -0.25) is 4.90 Å². The molecule has 1 aliphatic heterocycles. The maximum Gasteiger partial charge on any atom is 0.225 e. The van der Waals surface area contributed by atoms with Gasteiger partial charge >= 0.3 is 0 Å². The molecule has 2 rings (SSSR count). The van der Waals surface area contributed by atoms with Gasteiger partial charge < -0.3 is 34.4 Å². The number of aldehydes is 1. The Kier molecular flexibility index (Phi) is 13.2. The molecule has 0 aliphatic carbocycles. The summed E-state index contributed by atoms with van der Waals surface area (Å²) >= 11 is 0. The van der Waals surface area contributed by atoms with Crippen LogP contribution in [0.2, 0.25) is 0 Å². The molecule has 0 amide bonds. The Labute approximate surface area is 178 Å². The molecule has 170 valence electrons. The van der Waals surface area contributed by atoms with Gasteiger partial charge in [-0.25, -0.2) is 9.97 Å². The van der Waals surface area contributed by atoms with E-state index in [1.165, 1.54) is 0 Å². The molecule has 0 unspecified atom stereocenters. The quantitative estimate of drug-likeness (QED) is 0.264. The highest BCUT2D eigenvalue weighted by Gasteiger charge is 2.18. The zero-order valence-electron chi connectivity index (χ0n) is 17.7. The molecular formula is C20H35N5O5. The Morgan fingerprint density at radius 3 is 1.90 bits per heavy atom. The number of nitrogens with zero attached hydrogens (tertiary/aromatic N) is 4. The Morgan fingerprint density at radius 1 is 0.833 bits per heavy atom. The molecule has 1 aliphatic rings. The standard InChI is InChI=1S/C20H35N5O5/c21-16-19-17-22-20(23-18-19)25-4-2-24(3-5-25)6-9-28-11-13-30-15-14-29-12-10-27-8-1-7-26/h7,17-18H,1-6,8-16,21H2. The zero-order chi connectivity index (χ0) is 21.3. The third-order valence-electron chi connectivity index (χ3n) is 4.63. The number of anilines is 1. The van der Waals surface area contributed by atoms with Crippen LogP contribution in [0.3, 0.4) is 0 Å². The molecule has 1 aromatic heterocycles. The van der Waals surface area contributed by atoms with E-state index in [0.29, 0.717) is 65.8 Å². The second kappa shape index (κ2) is 16.1. The second-order valence-corrected chi connectivity index (χ2v) is 6.83. The summed E-state index contributed by atoms with van der Waals surface area (Å²) in [5.41, 5.74) is 6.53. The van der Waals surface area contributed by atoms with E-state index in [4.69, 9.17) is 24.7 Å². The van der Waals surface area contributed by atoms with Gasteiger partial charge in [0.05, 0.1) is 52.9 Å². The van der Waals surface area contributed by atoms with Crippen molar-refractivity contribution in [1.29, 1.82) is 0 Å². The van der Waals surface area contributed by atoms with Crippen LogP contribution in [0.4, 0.5) is 5.95 Å². The molecule has 1 fully saturated rings. The van der Waals surface area contributed by atoms with E-state index in [1.54, 1.807) is 12.4 Å². The van der Waals surface area contributed by atoms with Gasteiger partial charge in [-0.05, 0) is 0 Å². The molecule has 30 heavy (non-hydrogen) atoms. The number of rotatable bonds is 17. The maximum absolute atomic E-state index is 10.1. The molecule has 1 saturated heterocycles. The minimum absolute atomic E-state index is 0.429. The molecule has 0 radical (unpaired) electrons. The summed E-state index contributed by atoms with van der Waals surface area (Å²) in [7, 11) is 0. The van der Waals surface area contributed by atoms with Crippen LogP contribution in [0.15, 0.2) is 12.4 Å². The zero-order valence-corrected chi connectivity index (χ0v) is 17.7. The van der Waals surface area contributed by atoms with Crippen LogP contribution >= 0.6 is 0 Å². The lowest BCUT2D eigenvalue weighted by Crippen LogP contribution is -2.47. The van der Waals surface area contributed by atoms with Gasteiger partial charge in [0, 0.05) is 63.6 Å². The first-order chi connectivity index (χ1) is 14.8. The fraction of sp³-hybridized carbons (Fsp3) is 0.750. The number of carbonyl (C=O) groups excluding carboxylic acids is 1. The number of aromatic nitrogens is 2. The predicted octanol–water partition coefficient (Wildman–Crippen LogP) is -0.287. The number of hydrogen-bond donors (Lipinski definition) is 1. The van der Waals surface area contributed by atoms with Crippen LogP contribution < -0.4 is 10.6 Å². The van der Waals surface area contributed by atoms with E-state index in [-0.39, 0.29) is 0 Å². The Balaban J connectivity index is 1.37. The molecule has 0 bridgehead atoms. The highest BCUT2D eigenvalue weighted by molar-refractivity contribution is 5.49. The number of hydrogen-bond acceptors (Lipinski definition) is 10. The first kappa shape index (κ1) is 24.6. The molecule has 1 aromatic rings. The van der Waals surface area contributed by atoms with Crippen LogP contribution in [-0.2, 0) is 30.3 Å². The van der Waals surface area contributed by atoms with Gasteiger partial charge in [0.2, 0.25) is 5.95 Å². The fourth-order valence-corrected chi connectivity index (χ4v) is 2.88. The van der Waals surface area contributed by atoms with Crippen molar-refractivity contribution in [1.82, 2.24) is 14.9 Å². The first-order valence-electron chi connectivity index (χ1n) is 10.6. The molecular weight excluding hydrogens is 390 g/mol. The summed E-state index contributed by atoms with van der Waals surface area (Å²) in [4.78, 5) is 23.5. The van der Waals surface area contributed by atoms with E-state index in [2.05, 4.69) is 19.8 Å². The predicted molar refractivity (Wildman–Crippen MR) is 113 cm³/mol. The third-order valence-corrected chi connectivity index (χ3v) is 4.63. The summed E-state index contributed by atoms with van der Waals surface area (Å²) < 4.78 is 21.7. The number of nitrogens with two attached hydrogens (primary N) is 1. The van der Waals surface area contributed by atoms with Gasteiger partial charge in [0.1, 0.15) is 6.29 Å². The van der Waals surface area contributed by atoms with Crippen molar-refractivity contribution in [3.05, 3.63) is 18.0 Å². The topological polar surface area (TPSA) is 112 Å². The average molecular weight is 426 g/mol. The summed E-state index contributed by atoms with van der Waals surface area (Å²) in [5, 5.41) is 0. The third kappa shape index (κ3) is 10.4. The molecule has 10 nitrogen and oxygen atoms in total. The molecule has 2 heterocycles. The maximum atomic E-state index is 10.1. The first-order valence-corrected chi connectivity index (χ1v) is 10.6. The second-order valence-electron chi connectivity index (χ2n) is 6.83. The summed E-state index contributed by atoms with van der Waals surface area (Å²) in [5.74, 6) is 0.773. The van der Waals surface area contributed by atoms with Gasteiger partial charge in [-0.2, -0.15) is 0 Å². The number of ether oxygens (including phenoxy) is 4. The Bertz CT molecular complexity index is 555. The summed E-state index contributed by atoms with van der Waals surface area (Å²) in [6.45, 7) is 9.49. The van der Waals surface area contributed by atoms with Crippen molar-refractivity contribution in [2.75, 3.05) is 90.5 Å². The van der Waals surface area contributed by atoms with Crippen LogP contribution in [0.25, 0.3) is 0 Å². The molecule has 2 N–H and O–H groups in total. The van der Waals surface area contributed by atoms with Gasteiger partial charge in [-0.1, -0.05) is 0 Å². The number of piperazine rings is 1. The van der Waals surface area contributed by atoms with Crippen LogP contribution in [-0.4, -0.2) is 107 Å². The van der Waals surface area contributed by atoms with Crippen molar-refractivity contribution in [2.45, 2.75) is 13.0 Å². The van der Waals surface area contributed by atoms with Crippen LogP contribution in [0, 0.1) is 0 Å². The Morgan fingerprint density at radius 2 is 1.37 bits per heavy atom. The largest absolute Gasteiger partial charge is 0.379 e. The van der Waals surface area contributed by atoms with Crippen LogP contribution in [0.1, 0.15) is 12.0 Å². The van der Waals surface area contributed by atoms with Crippen molar-refractivity contribution in [3.8, 4) is 0 Å². The average Bonchev–Trinajstić information content (AvgIpc) is 2.80. The smallest absolute Gasteiger partial charge is 0.225 e. The number of carbonyl (C=O) groups is 1. The highest BCUT2D eigenvalue weighted by Crippen LogP contribution is 2.10.